The summed E-state index contributed by atoms with van der Waals surface area (Å²) in [4.78, 5) is 16.2. The minimum absolute atomic E-state index is 0.0394. The van der Waals surface area contributed by atoms with Gasteiger partial charge in [0.15, 0.2) is 0 Å². The average molecular weight is 519 g/mol. The van der Waals surface area contributed by atoms with Crippen molar-refractivity contribution < 1.29 is 9.53 Å². The van der Waals surface area contributed by atoms with Gasteiger partial charge in [0.1, 0.15) is 24.0 Å². The molecule has 0 spiro atoms. The van der Waals surface area contributed by atoms with Crippen molar-refractivity contribution >= 4 is 46.3 Å². The van der Waals surface area contributed by atoms with Crippen LogP contribution in [0, 0.1) is 10.8 Å². The largest absolute Gasteiger partial charge is 0.489 e. The standard InChI is InChI=1S/C24H22ClN5O.C4H9NO/c1-15(26)30-22-11-10-19(31-14-17-4-2-3-5-21(17)27)12-20(22)24(29-13-23(30)28)16-6-8-18(25)9-7-16;1-3-5-4(2)6/h2-12,26,28H,13-14,27H2,1H3;3H2,1-2H3,(H,5,6). The number of anilines is 2. The van der Waals surface area contributed by atoms with Crippen molar-refractivity contribution in [3.8, 4) is 5.75 Å². The number of amidine groups is 2. The zero-order valence-corrected chi connectivity index (χ0v) is 21.9. The van der Waals surface area contributed by atoms with Crippen molar-refractivity contribution in [3.05, 3.63) is 88.4 Å². The van der Waals surface area contributed by atoms with E-state index in [0.29, 0.717) is 23.1 Å². The summed E-state index contributed by atoms with van der Waals surface area (Å²) in [5, 5.41) is 19.8. The van der Waals surface area contributed by atoms with Crippen LogP contribution in [-0.4, -0.2) is 36.4 Å². The summed E-state index contributed by atoms with van der Waals surface area (Å²) in [5.41, 5.74) is 10.7. The molecule has 1 amide bonds. The number of amides is 1. The number of nitrogens with two attached hydrogens (primary N) is 1. The third-order valence-electron chi connectivity index (χ3n) is 5.45. The molecular weight excluding hydrogens is 488 g/mol. The van der Waals surface area contributed by atoms with E-state index in [4.69, 9.17) is 32.9 Å². The van der Waals surface area contributed by atoms with Gasteiger partial charge >= 0.3 is 0 Å². The number of carbonyl (C=O) groups excluding carboxylic acids is 1. The van der Waals surface area contributed by atoms with E-state index in [-0.39, 0.29) is 24.1 Å². The second-order valence-corrected chi connectivity index (χ2v) is 8.73. The number of carbonyl (C=O) groups is 1. The molecule has 0 aliphatic carbocycles. The van der Waals surface area contributed by atoms with Gasteiger partial charge in [-0.2, -0.15) is 0 Å². The van der Waals surface area contributed by atoms with Crippen LogP contribution in [0.5, 0.6) is 5.75 Å². The number of fused-ring (bicyclic) bond motifs is 1. The third kappa shape index (κ3) is 7.17. The van der Waals surface area contributed by atoms with Gasteiger partial charge in [-0.05, 0) is 50.2 Å². The van der Waals surface area contributed by atoms with Crippen molar-refractivity contribution in [3.63, 3.8) is 0 Å². The highest BCUT2D eigenvalue weighted by atomic mass is 35.5. The SMILES string of the molecule is CC(=N)N1C(=N)CN=C(c2ccc(Cl)cc2)c2cc(OCc3ccccc3N)ccc21.CCNC(C)=O. The summed E-state index contributed by atoms with van der Waals surface area (Å²) in [5.74, 6) is 1.19. The molecule has 0 radical (unpaired) electrons. The smallest absolute Gasteiger partial charge is 0.216 e. The average Bonchev–Trinajstić information content (AvgIpc) is 3.00. The number of ether oxygens (including phenoxy) is 1. The van der Waals surface area contributed by atoms with Crippen LogP contribution in [0.4, 0.5) is 11.4 Å². The Labute approximate surface area is 222 Å². The Bertz CT molecular complexity index is 1320. The van der Waals surface area contributed by atoms with Gasteiger partial charge in [0.05, 0.1) is 17.9 Å². The van der Waals surface area contributed by atoms with Crippen LogP contribution < -0.4 is 20.7 Å². The van der Waals surface area contributed by atoms with Crippen molar-refractivity contribution in [2.45, 2.75) is 27.4 Å². The topological polar surface area (TPSA) is 128 Å². The number of nitrogens with one attached hydrogen (secondary N) is 3. The lowest BCUT2D eigenvalue weighted by Crippen LogP contribution is -2.35. The number of rotatable bonds is 5. The fourth-order valence-corrected chi connectivity index (χ4v) is 3.88. The summed E-state index contributed by atoms with van der Waals surface area (Å²) in [6.45, 7) is 6.29. The Kier molecular flexibility index (Phi) is 9.40. The first-order chi connectivity index (χ1) is 17.7. The molecule has 0 fully saturated rings. The van der Waals surface area contributed by atoms with Gasteiger partial charge < -0.3 is 15.8 Å². The molecule has 8 nitrogen and oxygen atoms in total. The predicted molar refractivity (Wildman–Crippen MR) is 152 cm³/mol. The molecule has 1 aliphatic rings. The summed E-state index contributed by atoms with van der Waals surface area (Å²) < 4.78 is 6.02. The first-order valence-electron chi connectivity index (χ1n) is 11.8. The molecule has 0 atom stereocenters. The van der Waals surface area contributed by atoms with Crippen LogP contribution in [0.3, 0.4) is 0 Å². The van der Waals surface area contributed by atoms with Crippen LogP contribution in [-0.2, 0) is 11.4 Å². The molecule has 0 saturated carbocycles. The van der Waals surface area contributed by atoms with E-state index in [1.54, 1.807) is 11.8 Å². The second kappa shape index (κ2) is 12.7. The molecule has 0 unspecified atom stereocenters. The molecule has 0 aromatic heterocycles. The lowest BCUT2D eigenvalue weighted by Gasteiger charge is -2.24. The van der Waals surface area contributed by atoms with Gasteiger partial charge in [-0.3, -0.25) is 25.5 Å². The molecular formula is C28H31ClN6O2. The van der Waals surface area contributed by atoms with Gasteiger partial charge in [-0.15, -0.1) is 0 Å². The Morgan fingerprint density at radius 1 is 1.14 bits per heavy atom. The molecule has 3 aromatic rings. The van der Waals surface area contributed by atoms with Crippen molar-refractivity contribution in [2.24, 2.45) is 4.99 Å². The summed E-state index contributed by atoms with van der Waals surface area (Å²) in [6.07, 6.45) is 0. The first kappa shape index (κ1) is 27.4. The summed E-state index contributed by atoms with van der Waals surface area (Å²) in [7, 11) is 0. The molecule has 5 N–H and O–H groups in total. The zero-order chi connectivity index (χ0) is 26.9. The monoisotopic (exact) mass is 518 g/mol. The Morgan fingerprint density at radius 3 is 2.43 bits per heavy atom. The lowest BCUT2D eigenvalue weighted by atomic mass is 9.99. The highest BCUT2D eigenvalue weighted by molar-refractivity contribution is 6.31. The van der Waals surface area contributed by atoms with Crippen molar-refractivity contribution in [2.75, 3.05) is 23.7 Å². The predicted octanol–water partition coefficient (Wildman–Crippen LogP) is 5.28. The van der Waals surface area contributed by atoms with Gasteiger partial charge in [-0.1, -0.05) is 41.9 Å². The van der Waals surface area contributed by atoms with Crippen molar-refractivity contribution in [1.29, 1.82) is 10.8 Å². The van der Waals surface area contributed by atoms with Gasteiger partial charge in [-0.25, -0.2) is 0 Å². The molecule has 3 aromatic carbocycles. The third-order valence-corrected chi connectivity index (χ3v) is 5.70. The number of hydrogen-bond acceptors (Lipinski definition) is 6. The minimum Gasteiger partial charge on any atom is -0.489 e. The van der Waals surface area contributed by atoms with Gasteiger partial charge in [0, 0.05) is 40.9 Å². The maximum atomic E-state index is 9.93. The maximum absolute atomic E-state index is 9.93. The van der Waals surface area contributed by atoms with Crippen molar-refractivity contribution in [1.82, 2.24) is 5.32 Å². The van der Waals surface area contributed by atoms with E-state index >= 15 is 0 Å². The number of benzodiazepines with no additional fused rings is 1. The van der Waals surface area contributed by atoms with Gasteiger partial charge in [0.25, 0.3) is 0 Å². The number of aliphatic imine (C=N–C) groups is 1. The number of para-hydroxylation sites is 1. The number of nitrogens with zero attached hydrogens (tertiary/aromatic N) is 2. The number of benzene rings is 3. The van der Waals surface area contributed by atoms with E-state index < -0.39 is 0 Å². The second-order valence-electron chi connectivity index (χ2n) is 8.29. The zero-order valence-electron chi connectivity index (χ0n) is 21.1. The molecule has 0 bridgehead atoms. The van der Waals surface area contributed by atoms with E-state index in [0.717, 1.165) is 34.6 Å². The highest BCUT2D eigenvalue weighted by Crippen LogP contribution is 2.31. The molecule has 192 valence electrons. The lowest BCUT2D eigenvalue weighted by molar-refractivity contribution is -0.118. The van der Waals surface area contributed by atoms with Crippen LogP contribution in [0.2, 0.25) is 5.02 Å². The fraction of sp³-hybridized carbons (Fsp3) is 0.214. The van der Waals surface area contributed by atoms with Crippen LogP contribution >= 0.6 is 11.6 Å². The number of halogens is 1. The van der Waals surface area contributed by atoms with E-state index in [2.05, 4.69) is 10.3 Å². The number of nitrogen functional groups attached to an aromatic ring is 1. The molecule has 1 heterocycles. The van der Waals surface area contributed by atoms with E-state index in [9.17, 15) is 4.79 Å². The molecule has 0 saturated heterocycles. The van der Waals surface area contributed by atoms with Crippen LogP contribution in [0.25, 0.3) is 0 Å². The van der Waals surface area contributed by atoms with Gasteiger partial charge in [0.2, 0.25) is 5.91 Å². The first-order valence-corrected chi connectivity index (χ1v) is 12.2. The van der Waals surface area contributed by atoms with E-state index in [1.807, 2.05) is 73.7 Å². The fourth-order valence-electron chi connectivity index (χ4n) is 3.76. The Balaban J connectivity index is 0.000000568. The maximum Gasteiger partial charge on any atom is 0.216 e. The number of hydrogen-bond donors (Lipinski definition) is 4. The Morgan fingerprint density at radius 2 is 1.84 bits per heavy atom. The minimum atomic E-state index is 0.0394. The molecule has 9 heteroatoms. The highest BCUT2D eigenvalue weighted by Gasteiger charge is 2.25. The van der Waals surface area contributed by atoms with Crippen LogP contribution in [0.1, 0.15) is 37.5 Å². The van der Waals surface area contributed by atoms with E-state index in [1.165, 1.54) is 6.92 Å². The summed E-state index contributed by atoms with van der Waals surface area (Å²) in [6, 6.07) is 20.6. The molecule has 4 rings (SSSR count). The summed E-state index contributed by atoms with van der Waals surface area (Å²) >= 11 is 6.07. The Hall–Kier alpha value is -4.17. The molecule has 37 heavy (non-hydrogen) atoms. The quantitative estimate of drug-likeness (QED) is 0.208. The normalized spacial score (nSPS) is 12.4. The molecule has 1 aliphatic heterocycles. The van der Waals surface area contributed by atoms with Crippen LogP contribution in [0.15, 0.2) is 71.7 Å².